The Kier molecular flexibility index (Phi) is 5.90. The molecule has 6 nitrogen and oxygen atoms in total. The molecule has 1 amide bonds. The van der Waals surface area contributed by atoms with Crippen molar-refractivity contribution in [3.05, 3.63) is 69.7 Å². The zero-order valence-corrected chi connectivity index (χ0v) is 18.5. The van der Waals surface area contributed by atoms with Gasteiger partial charge in [-0.15, -0.1) is 0 Å². The summed E-state index contributed by atoms with van der Waals surface area (Å²) in [7, 11) is 0. The van der Waals surface area contributed by atoms with E-state index in [0.29, 0.717) is 27.4 Å². The fourth-order valence-corrected chi connectivity index (χ4v) is 4.02. The minimum absolute atomic E-state index is 0.140. The minimum Gasteiger partial charge on any atom is -0.465 e. The Morgan fingerprint density at radius 3 is 2.27 bits per heavy atom. The Hall–Kier alpha value is -2.86. The summed E-state index contributed by atoms with van der Waals surface area (Å²) in [4.78, 5) is 32.1. The van der Waals surface area contributed by atoms with Gasteiger partial charge in [0, 0.05) is 5.54 Å². The molecular formula is C23H26ClN3O3. The Morgan fingerprint density at radius 1 is 1.10 bits per heavy atom. The predicted octanol–water partition coefficient (Wildman–Crippen LogP) is 5.51. The highest BCUT2D eigenvalue weighted by Crippen LogP contribution is 2.35. The lowest BCUT2D eigenvalue weighted by Crippen LogP contribution is -2.50. The average Bonchev–Trinajstić information content (AvgIpc) is 2.64. The van der Waals surface area contributed by atoms with Crippen LogP contribution in [-0.4, -0.2) is 31.2 Å². The molecule has 0 fully saturated rings. The van der Waals surface area contributed by atoms with Gasteiger partial charge in [0.05, 0.1) is 27.7 Å². The van der Waals surface area contributed by atoms with Crippen molar-refractivity contribution in [2.75, 3.05) is 0 Å². The molecule has 0 spiro atoms. The molecule has 0 aliphatic heterocycles. The molecule has 1 aromatic heterocycles. The molecular weight excluding hydrogens is 402 g/mol. The maximum Gasteiger partial charge on any atom is 0.408 e. The summed E-state index contributed by atoms with van der Waals surface area (Å²) in [5.74, 6) is 0.229. The molecule has 0 aliphatic carbocycles. The van der Waals surface area contributed by atoms with Gasteiger partial charge < -0.3 is 5.11 Å². The number of para-hydroxylation sites is 1. The predicted molar refractivity (Wildman–Crippen MR) is 120 cm³/mol. The van der Waals surface area contributed by atoms with E-state index in [-0.39, 0.29) is 11.5 Å². The van der Waals surface area contributed by atoms with E-state index in [1.165, 1.54) is 9.47 Å². The van der Waals surface area contributed by atoms with Crippen LogP contribution < -0.4 is 5.56 Å². The molecule has 2 aromatic carbocycles. The summed E-state index contributed by atoms with van der Waals surface area (Å²) in [5, 5.41) is 10.7. The van der Waals surface area contributed by atoms with Gasteiger partial charge in [-0.05, 0) is 51.0 Å². The van der Waals surface area contributed by atoms with Crippen LogP contribution in [0.5, 0.6) is 0 Å². The normalized spacial score (nSPS) is 12.9. The van der Waals surface area contributed by atoms with E-state index in [1.54, 1.807) is 30.3 Å². The molecule has 1 heterocycles. The molecule has 3 rings (SSSR count). The van der Waals surface area contributed by atoms with Crippen LogP contribution in [-0.2, 0) is 0 Å². The number of benzene rings is 2. The number of fused-ring (bicyclic) bond motifs is 1. The number of carbonyl (C=O) groups is 1. The second-order valence-electron chi connectivity index (χ2n) is 8.59. The summed E-state index contributed by atoms with van der Waals surface area (Å²) in [6.45, 7) is 9.35. The summed E-state index contributed by atoms with van der Waals surface area (Å²) < 4.78 is 1.49. The lowest BCUT2D eigenvalue weighted by Gasteiger charge is -2.41. The Labute approximate surface area is 180 Å². The van der Waals surface area contributed by atoms with E-state index < -0.39 is 17.7 Å². The third-order valence-electron chi connectivity index (χ3n) is 4.99. The number of hydrogen-bond acceptors (Lipinski definition) is 3. The molecule has 0 radical (unpaired) electrons. The van der Waals surface area contributed by atoms with Crippen LogP contribution in [0, 0.1) is 5.92 Å². The quantitative estimate of drug-likeness (QED) is 0.595. The molecule has 1 atom stereocenters. The summed E-state index contributed by atoms with van der Waals surface area (Å²) in [6.07, 6.45) is -1.07. The second-order valence-corrected chi connectivity index (χ2v) is 9.00. The number of aromatic nitrogens is 2. The van der Waals surface area contributed by atoms with E-state index in [2.05, 4.69) is 0 Å². The van der Waals surface area contributed by atoms with Gasteiger partial charge >= 0.3 is 6.09 Å². The maximum absolute atomic E-state index is 13.6. The first kappa shape index (κ1) is 21.8. The number of rotatable bonds is 4. The Morgan fingerprint density at radius 2 is 1.73 bits per heavy atom. The number of halogens is 1. The SMILES string of the molecule is CC(C)[C@H](c1nc2cccc(Cl)c2c(=O)n1-c1ccccc1)N(C(=O)O)C(C)(C)C. The fraction of sp³-hybridized carbons (Fsp3) is 0.348. The van der Waals surface area contributed by atoms with E-state index in [1.807, 2.05) is 52.8 Å². The summed E-state index contributed by atoms with van der Waals surface area (Å²) >= 11 is 6.34. The van der Waals surface area contributed by atoms with E-state index in [0.717, 1.165) is 0 Å². The van der Waals surface area contributed by atoms with Crippen molar-refractivity contribution < 1.29 is 9.90 Å². The van der Waals surface area contributed by atoms with Gasteiger partial charge in [-0.2, -0.15) is 0 Å². The van der Waals surface area contributed by atoms with Gasteiger partial charge in [0.2, 0.25) is 0 Å². The van der Waals surface area contributed by atoms with Crippen molar-refractivity contribution in [2.45, 2.75) is 46.2 Å². The number of amides is 1. The van der Waals surface area contributed by atoms with Crippen LogP contribution in [0.25, 0.3) is 16.6 Å². The Bertz CT molecular complexity index is 1130. The molecule has 0 saturated carbocycles. The van der Waals surface area contributed by atoms with E-state index >= 15 is 0 Å². The molecule has 0 aliphatic rings. The van der Waals surface area contributed by atoms with Crippen molar-refractivity contribution in [2.24, 2.45) is 5.92 Å². The highest BCUT2D eigenvalue weighted by molar-refractivity contribution is 6.35. The monoisotopic (exact) mass is 427 g/mol. The molecule has 1 N–H and O–H groups in total. The zero-order chi connectivity index (χ0) is 22.2. The van der Waals surface area contributed by atoms with Gasteiger partial charge in [-0.3, -0.25) is 14.3 Å². The third-order valence-corrected chi connectivity index (χ3v) is 5.31. The number of hydrogen-bond donors (Lipinski definition) is 1. The topological polar surface area (TPSA) is 75.4 Å². The Balaban J connectivity index is 2.46. The van der Waals surface area contributed by atoms with Gasteiger partial charge in [-0.1, -0.05) is 49.7 Å². The fourth-order valence-electron chi connectivity index (χ4n) is 3.77. The van der Waals surface area contributed by atoms with Crippen LogP contribution in [0.3, 0.4) is 0 Å². The van der Waals surface area contributed by atoms with E-state index in [4.69, 9.17) is 16.6 Å². The average molecular weight is 428 g/mol. The lowest BCUT2D eigenvalue weighted by atomic mass is 9.95. The van der Waals surface area contributed by atoms with Crippen molar-refractivity contribution in [3.63, 3.8) is 0 Å². The van der Waals surface area contributed by atoms with Crippen LogP contribution >= 0.6 is 11.6 Å². The van der Waals surface area contributed by atoms with Crippen LogP contribution in [0.15, 0.2) is 53.3 Å². The van der Waals surface area contributed by atoms with Crippen molar-refractivity contribution in [1.29, 1.82) is 0 Å². The number of nitrogens with zero attached hydrogens (tertiary/aromatic N) is 3. The molecule has 158 valence electrons. The maximum atomic E-state index is 13.6. The summed E-state index contributed by atoms with van der Waals surface area (Å²) in [5.41, 5.74) is 0.0246. The van der Waals surface area contributed by atoms with Crippen LogP contribution in [0.4, 0.5) is 4.79 Å². The molecule has 7 heteroatoms. The largest absolute Gasteiger partial charge is 0.465 e. The highest BCUT2D eigenvalue weighted by atomic mass is 35.5. The smallest absolute Gasteiger partial charge is 0.408 e. The van der Waals surface area contributed by atoms with Gasteiger partial charge in [-0.25, -0.2) is 9.78 Å². The van der Waals surface area contributed by atoms with Crippen molar-refractivity contribution in [3.8, 4) is 5.69 Å². The van der Waals surface area contributed by atoms with Gasteiger partial charge in [0.15, 0.2) is 0 Å². The first-order chi connectivity index (χ1) is 14.0. The van der Waals surface area contributed by atoms with Crippen molar-refractivity contribution >= 4 is 28.6 Å². The highest BCUT2D eigenvalue weighted by Gasteiger charge is 2.39. The summed E-state index contributed by atoms with van der Waals surface area (Å²) in [6, 6.07) is 13.6. The van der Waals surface area contributed by atoms with Crippen LogP contribution in [0.2, 0.25) is 5.02 Å². The molecule has 0 unspecified atom stereocenters. The van der Waals surface area contributed by atoms with E-state index in [9.17, 15) is 14.7 Å². The molecule has 30 heavy (non-hydrogen) atoms. The lowest BCUT2D eigenvalue weighted by molar-refractivity contribution is 0.0492. The minimum atomic E-state index is -1.07. The van der Waals surface area contributed by atoms with Crippen molar-refractivity contribution in [1.82, 2.24) is 14.5 Å². The molecule has 0 saturated heterocycles. The standard InChI is InChI=1S/C23H26ClN3O3/c1-14(2)19(27(22(29)30)23(3,4)5)20-25-17-13-9-12-16(24)18(17)21(28)26(20)15-10-7-6-8-11-15/h6-14,19H,1-5H3,(H,29,30)/t19-/m1/s1. The van der Waals surface area contributed by atoms with Gasteiger partial charge in [0.1, 0.15) is 5.82 Å². The first-order valence-electron chi connectivity index (χ1n) is 9.83. The molecule has 3 aromatic rings. The molecule has 0 bridgehead atoms. The zero-order valence-electron chi connectivity index (χ0n) is 17.8. The van der Waals surface area contributed by atoms with Gasteiger partial charge in [0.25, 0.3) is 5.56 Å². The first-order valence-corrected chi connectivity index (χ1v) is 10.2. The number of carboxylic acid groups (broad SMARTS) is 1. The third kappa shape index (κ3) is 3.92. The van der Waals surface area contributed by atoms with Crippen LogP contribution in [0.1, 0.15) is 46.5 Å². The second kappa shape index (κ2) is 8.11.